The van der Waals surface area contributed by atoms with Gasteiger partial charge in [-0.25, -0.2) is 19.9 Å². The zero-order chi connectivity index (χ0) is 65.5. The van der Waals surface area contributed by atoms with Crippen LogP contribution < -0.4 is 0 Å². The van der Waals surface area contributed by atoms with Crippen molar-refractivity contribution < 1.29 is 18.9 Å². The first-order chi connectivity index (χ1) is 48.5. The van der Waals surface area contributed by atoms with Crippen molar-refractivity contribution in [2.24, 2.45) is 31.8 Å². The molecule has 12 aliphatic rings. The fourth-order valence-corrected chi connectivity index (χ4v) is 19.3. The third kappa shape index (κ3) is 14.3. The summed E-state index contributed by atoms with van der Waals surface area (Å²) in [4.78, 5) is 46.8. The molecule has 0 bridgehead atoms. The van der Waals surface area contributed by atoms with Crippen molar-refractivity contribution >= 4 is 79.9 Å². The predicted octanol–water partition coefficient (Wildman–Crippen LogP) is 18.8. The highest BCUT2D eigenvalue weighted by Crippen LogP contribution is 2.47. The van der Waals surface area contributed by atoms with E-state index in [2.05, 4.69) is 63.6 Å². The van der Waals surface area contributed by atoms with Crippen LogP contribution in [0.15, 0.2) is 60.7 Å². The van der Waals surface area contributed by atoms with E-state index in [1.165, 1.54) is 247 Å². The Morgan fingerprint density at radius 3 is 1.11 bits per heavy atom. The molecule has 3 saturated heterocycles. The fourth-order valence-electron chi connectivity index (χ4n) is 19.3. The van der Waals surface area contributed by atoms with Gasteiger partial charge in [0.1, 0.15) is 23.3 Å². The summed E-state index contributed by atoms with van der Waals surface area (Å²) in [5.74, 6) is 9.22. The molecule has 2 N–H and O–H groups in total. The van der Waals surface area contributed by atoms with Gasteiger partial charge in [0.15, 0.2) is 0 Å². The monoisotopic (exact) mass is 1380 g/mol. The van der Waals surface area contributed by atoms with E-state index in [0.717, 1.165) is 146 Å². The maximum Gasteiger partial charge on any atom is 0.112 e. The van der Waals surface area contributed by atoms with Crippen LogP contribution in [0.1, 0.15) is 280 Å². The Labute approximate surface area is 605 Å². The SMILES string of the molecule is C.C.C1=C(C2=CCc3ncc4[nH]c(C5CCCCC5)nc4c32)CCOC1.C1=C(C2CCOCC2)c2c(ncc3[nH]c(C4CCCCC4)nc23)C1.Cn1c(C2CCCCC2)nc2c3c(ncc21)CC=C3C1CCOCC1.Cn1c(C2CCCCC2)nc2c3c(ncc21)CC=C3C1CCOCC1.S. The van der Waals surface area contributed by atoms with Crippen LogP contribution in [0, 0.1) is 17.8 Å². The number of fused-ring (bicyclic) bond motifs is 12. The van der Waals surface area contributed by atoms with Gasteiger partial charge < -0.3 is 38.0 Å². The molecular weight excluding hydrogens is 1270 g/mol. The molecule has 538 valence electrons. The van der Waals surface area contributed by atoms with E-state index in [9.17, 15) is 0 Å². The number of aromatic nitrogens is 12. The van der Waals surface area contributed by atoms with Crippen molar-refractivity contribution in [3.63, 3.8) is 0 Å². The Bertz CT molecular complexity index is 4250. The molecule has 17 heteroatoms. The van der Waals surface area contributed by atoms with Crippen molar-refractivity contribution in [1.82, 2.24) is 59.0 Å². The normalized spacial score (nSPS) is 21.6. The van der Waals surface area contributed by atoms with Crippen LogP contribution in [0.3, 0.4) is 0 Å². The van der Waals surface area contributed by atoms with E-state index >= 15 is 0 Å². The molecule has 0 amide bonds. The molecule has 8 aromatic heterocycles. The number of hydrogen-bond donors (Lipinski definition) is 2. The van der Waals surface area contributed by atoms with Gasteiger partial charge >= 0.3 is 0 Å². The van der Waals surface area contributed by atoms with Crippen LogP contribution in [0.2, 0.25) is 0 Å². The number of imidazole rings is 4. The predicted molar refractivity (Wildman–Crippen MR) is 413 cm³/mol. The molecule has 0 radical (unpaired) electrons. The molecule has 20 rings (SSSR count). The summed E-state index contributed by atoms with van der Waals surface area (Å²) in [5.41, 5.74) is 26.6. The first kappa shape index (κ1) is 71.4. The Morgan fingerprint density at radius 1 is 0.356 bits per heavy atom. The molecule has 8 aromatic rings. The first-order valence-electron chi connectivity index (χ1n) is 38.7. The molecule has 8 aliphatic carbocycles. The Kier molecular flexibility index (Phi) is 22.7. The number of aryl methyl sites for hydroxylation is 2. The molecule has 12 heterocycles. The maximum absolute atomic E-state index is 5.57. The molecule has 0 atom stereocenters. The summed E-state index contributed by atoms with van der Waals surface area (Å²) in [6, 6.07) is 0. The number of aromatic amines is 2. The summed E-state index contributed by atoms with van der Waals surface area (Å²) in [5, 5.41) is 0. The molecular formula is C84H112N12O4S. The topological polar surface area (TPSA) is 181 Å². The number of allylic oxidation sites excluding steroid dienone is 8. The van der Waals surface area contributed by atoms with Crippen LogP contribution in [0.4, 0.5) is 0 Å². The third-order valence-corrected chi connectivity index (χ3v) is 24.7. The van der Waals surface area contributed by atoms with E-state index in [0.29, 0.717) is 41.4 Å². The van der Waals surface area contributed by atoms with Crippen molar-refractivity contribution in [2.75, 3.05) is 52.9 Å². The molecule has 101 heavy (non-hydrogen) atoms. The molecule has 0 spiro atoms. The number of nitrogens with one attached hydrogen (secondary N) is 2. The van der Waals surface area contributed by atoms with Crippen LogP contribution in [0.5, 0.6) is 0 Å². The second-order valence-electron chi connectivity index (χ2n) is 30.6. The summed E-state index contributed by atoms with van der Waals surface area (Å²) in [6.45, 7) is 6.84. The van der Waals surface area contributed by atoms with E-state index in [4.69, 9.17) is 58.8 Å². The molecule has 0 aromatic carbocycles. The number of pyridine rings is 4. The van der Waals surface area contributed by atoms with Crippen LogP contribution in [-0.2, 0) is 58.7 Å². The van der Waals surface area contributed by atoms with E-state index in [-0.39, 0.29) is 28.3 Å². The highest BCUT2D eigenvalue weighted by atomic mass is 32.1. The van der Waals surface area contributed by atoms with Crippen molar-refractivity contribution in [1.29, 1.82) is 0 Å². The second kappa shape index (κ2) is 32.2. The van der Waals surface area contributed by atoms with Gasteiger partial charge in [-0.05, 0) is 142 Å². The average molecular weight is 1390 g/mol. The average Bonchev–Trinajstić information content (AvgIpc) is 1.55. The van der Waals surface area contributed by atoms with Crippen molar-refractivity contribution in [3.05, 3.63) is 129 Å². The number of ether oxygens (including phenoxy) is 4. The van der Waals surface area contributed by atoms with Crippen LogP contribution >= 0.6 is 13.5 Å². The number of H-pyrrole nitrogens is 2. The number of rotatable bonds is 8. The minimum atomic E-state index is 0. The zero-order valence-corrected chi connectivity index (χ0v) is 59.9. The van der Waals surface area contributed by atoms with E-state index in [1.807, 2.05) is 24.8 Å². The summed E-state index contributed by atoms with van der Waals surface area (Å²) in [6.07, 6.45) is 57.8. The standard InChI is InChI=1S/2C21H27N3O.C20H25N3O.C20H23N3O.2CH4.H2S/c2*1-24-18-13-22-17-8-7-16(14-9-11-25-12-10-14)19(17)20(18)23-21(24)15-5-3-2-4-6-15;2*1-2-4-14(5-3-1)20-22-17-12-21-16-7-6-15(18(16)19(17)23-20)13-8-10-24-11-9-13;;;/h2*7,13-15H,2-6,8-12H2,1H3;6,12-14H,1-5,7-11H2,(H,22,23);6,8,12,14H,1-5,7,9-11H2,(H,22,23);2*1H4;1H2. The quantitative estimate of drug-likeness (QED) is 0.147. The lowest BCUT2D eigenvalue weighted by atomic mass is 9.88. The molecule has 0 unspecified atom stereocenters. The smallest absolute Gasteiger partial charge is 0.112 e. The molecule has 4 saturated carbocycles. The lowest BCUT2D eigenvalue weighted by Crippen LogP contribution is -2.16. The van der Waals surface area contributed by atoms with E-state index in [1.54, 1.807) is 0 Å². The highest BCUT2D eigenvalue weighted by molar-refractivity contribution is 7.59. The van der Waals surface area contributed by atoms with Gasteiger partial charge in [0, 0.05) is 125 Å². The van der Waals surface area contributed by atoms with Gasteiger partial charge in [-0.2, -0.15) is 13.5 Å². The third-order valence-electron chi connectivity index (χ3n) is 24.7. The Balaban J connectivity index is 0.000000113. The largest absolute Gasteiger partial charge is 0.381 e. The second-order valence-corrected chi connectivity index (χ2v) is 30.6. The summed E-state index contributed by atoms with van der Waals surface area (Å²) >= 11 is 0. The van der Waals surface area contributed by atoms with Gasteiger partial charge in [-0.1, -0.05) is 122 Å². The minimum Gasteiger partial charge on any atom is -0.381 e. The lowest BCUT2D eigenvalue weighted by Gasteiger charge is -2.24. The van der Waals surface area contributed by atoms with Gasteiger partial charge in [0.2, 0.25) is 0 Å². The highest BCUT2D eigenvalue weighted by Gasteiger charge is 2.35. The Hall–Kier alpha value is -6.63. The molecule has 4 aliphatic heterocycles. The van der Waals surface area contributed by atoms with Crippen molar-refractivity contribution in [2.45, 2.75) is 238 Å². The lowest BCUT2D eigenvalue weighted by molar-refractivity contribution is 0.0807. The summed E-state index contributed by atoms with van der Waals surface area (Å²) < 4.78 is 26.8. The van der Waals surface area contributed by atoms with Gasteiger partial charge in [-0.3, -0.25) is 19.9 Å². The van der Waals surface area contributed by atoms with Crippen LogP contribution in [-0.4, -0.2) is 112 Å². The van der Waals surface area contributed by atoms with Crippen molar-refractivity contribution in [3.8, 4) is 0 Å². The molecule has 7 fully saturated rings. The summed E-state index contributed by atoms with van der Waals surface area (Å²) in [7, 11) is 4.36. The Morgan fingerprint density at radius 2 is 0.713 bits per heavy atom. The number of hydrogen-bond acceptors (Lipinski definition) is 12. The zero-order valence-electron chi connectivity index (χ0n) is 58.9. The maximum atomic E-state index is 5.57. The first-order valence-corrected chi connectivity index (χ1v) is 38.7. The number of nitrogens with zero attached hydrogens (tertiary/aromatic N) is 10. The van der Waals surface area contributed by atoms with E-state index < -0.39 is 0 Å². The minimum absolute atomic E-state index is 0. The van der Waals surface area contributed by atoms with Gasteiger partial charge in [-0.15, -0.1) is 0 Å². The van der Waals surface area contributed by atoms with Crippen LogP contribution in [0.25, 0.3) is 66.4 Å². The van der Waals surface area contributed by atoms with Gasteiger partial charge in [0.25, 0.3) is 0 Å². The molecule has 16 nitrogen and oxygen atoms in total. The fraction of sp³-hybridized carbons (Fsp3) is 0.595. The van der Waals surface area contributed by atoms with Gasteiger partial charge in [0.05, 0.1) is 105 Å².